The smallest absolute Gasteiger partial charge is 0.246 e. The second-order valence-electron chi connectivity index (χ2n) is 22.0. The molecule has 5 atom stereocenters. The third-order valence-corrected chi connectivity index (χ3v) is 16.3. The molecule has 6 aliphatic rings. The molecule has 2 saturated carbocycles. The number of likely N-dealkylation sites (tertiary alicyclic amines) is 1. The number of rotatable bonds is 10. The number of phenols is 1. The lowest BCUT2D eigenvalue weighted by Gasteiger charge is -2.56. The molecule has 17 heteroatoms. The van der Waals surface area contributed by atoms with Crippen LogP contribution in [-0.2, 0) is 14.4 Å². The lowest BCUT2D eigenvalue weighted by atomic mass is 9.56. The molecular formula is C54H68N12O5. The highest BCUT2D eigenvalue weighted by Gasteiger charge is 2.50. The van der Waals surface area contributed by atoms with Crippen LogP contribution in [-0.4, -0.2) is 147 Å². The predicted molar refractivity (Wildman–Crippen MR) is 273 cm³/mol. The van der Waals surface area contributed by atoms with Gasteiger partial charge in [0, 0.05) is 88.4 Å². The van der Waals surface area contributed by atoms with E-state index in [4.69, 9.17) is 16.4 Å². The number of nitrogens with zero attached hydrogens (tertiary/aromatic N) is 9. The van der Waals surface area contributed by atoms with Crippen LogP contribution in [0.25, 0.3) is 11.3 Å². The molecule has 0 bridgehead atoms. The molecule has 71 heavy (non-hydrogen) atoms. The van der Waals surface area contributed by atoms with Crippen molar-refractivity contribution < 1.29 is 24.6 Å². The average Bonchev–Trinajstić information content (AvgIpc) is 3.78. The van der Waals surface area contributed by atoms with E-state index in [0.29, 0.717) is 17.3 Å². The van der Waals surface area contributed by atoms with Crippen LogP contribution in [0.5, 0.6) is 5.75 Å². The van der Waals surface area contributed by atoms with Crippen molar-refractivity contribution in [1.29, 1.82) is 0 Å². The number of nitrogens with one attached hydrogen (secondary N) is 3. The standard InChI is InChI=1S/C54H68N12O5/c1-6-35-11-13-36(14-12-35)34(2)58-50(70)45-25-41(67)33-66(45)51(71)47(53(3,4)5)59-49(69)37-15-17-54(18-16-37)27-38(28-54)62-19-21-63(22-20-62)39-29-56-52(57-30-39)64-23-24-65-40(32-64)31-55-48-44(65)26-43(60-61-48)42-9-7-8-10-46(42)68/h1,7-14,26,29-30,34,37-38,40-41,45,47,67-68H,15-25,27-28,31-33H2,2-5H3,(H,55,61)(H,58,70)(H,59,69)/t34-,37-,38-,40-,41+,45-,47+,54?/m0/s1. The summed E-state index contributed by atoms with van der Waals surface area (Å²) in [5.74, 6) is 3.32. The molecule has 374 valence electrons. The number of piperazine rings is 2. The molecular weight excluding hydrogens is 897 g/mol. The summed E-state index contributed by atoms with van der Waals surface area (Å²) in [6.07, 6.45) is 14.6. The van der Waals surface area contributed by atoms with Gasteiger partial charge in [0.25, 0.3) is 0 Å². The number of carbonyl (C=O) groups excluding carboxylic acids is 3. The Morgan fingerprint density at radius 1 is 0.873 bits per heavy atom. The summed E-state index contributed by atoms with van der Waals surface area (Å²) in [4.78, 5) is 62.8. The highest BCUT2D eigenvalue weighted by atomic mass is 16.3. The van der Waals surface area contributed by atoms with Crippen molar-refractivity contribution in [1.82, 2.24) is 40.6 Å². The zero-order valence-corrected chi connectivity index (χ0v) is 41.4. The number of hydrogen-bond acceptors (Lipinski definition) is 14. The third-order valence-electron chi connectivity index (χ3n) is 16.3. The van der Waals surface area contributed by atoms with Gasteiger partial charge in [-0.1, -0.05) is 51.0 Å². The monoisotopic (exact) mass is 965 g/mol. The van der Waals surface area contributed by atoms with Gasteiger partial charge in [-0.25, -0.2) is 9.97 Å². The molecule has 0 radical (unpaired) electrons. The van der Waals surface area contributed by atoms with E-state index in [9.17, 15) is 24.6 Å². The molecule has 5 N–H and O–H groups in total. The maximum Gasteiger partial charge on any atom is 0.246 e. The average molecular weight is 965 g/mol. The highest BCUT2D eigenvalue weighted by molar-refractivity contribution is 5.93. The van der Waals surface area contributed by atoms with Gasteiger partial charge >= 0.3 is 0 Å². The SMILES string of the molecule is C#Cc1ccc([C@H](C)NC(=O)[C@@H]2C[C@@H](O)CN2C(=O)[C@@H](NC(=O)[C@H]2CCC3(CC2)C[C@H](N2CCN(c4cnc(N5CCN6c7cc(-c8ccccc8O)nnc7NC[C@H]6C5)nc4)CC2)C3)C(C)(C)C)cc1. The van der Waals surface area contributed by atoms with Gasteiger partial charge in [-0.2, -0.15) is 0 Å². The fourth-order valence-electron chi connectivity index (χ4n) is 12.0. The van der Waals surface area contributed by atoms with Gasteiger partial charge in [-0.05, 0) is 92.2 Å². The Balaban J connectivity index is 0.670. The number of terminal acetylenes is 1. The first kappa shape index (κ1) is 48.1. The van der Waals surface area contributed by atoms with E-state index in [2.05, 4.69) is 51.7 Å². The molecule has 4 aromatic rings. The summed E-state index contributed by atoms with van der Waals surface area (Å²) in [5.41, 5.74) is 4.61. The van der Waals surface area contributed by atoms with Crippen molar-refractivity contribution in [2.75, 3.05) is 78.9 Å². The Kier molecular flexibility index (Phi) is 13.3. The van der Waals surface area contributed by atoms with Crippen LogP contribution < -0.4 is 30.7 Å². The normalized spacial score (nSPS) is 26.3. The topological polar surface area (TPSA) is 196 Å². The first-order chi connectivity index (χ1) is 34.1. The fraction of sp³-hybridized carbons (Fsp3) is 0.537. The number of aliphatic hydroxyl groups excluding tert-OH is 1. The van der Waals surface area contributed by atoms with Crippen molar-refractivity contribution in [2.24, 2.45) is 16.7 Å². The van der Waals surface area contributed by atoms with Gasteiger partial charge in [0.1, 0.15) is 17.8 Å². The predicted octanol–water partition coefficient (Wildman–Crippen LogP) is 4.57. The van der Waals surface area contributed by atoms with E-state index < -0.39 is 23.6 Å². The van der Waals surface area contributed by atoms with Crippen molar-refractivity contribution in [3.05, 3.63) is 78.1 Å². The molecule has 1 spiro atoms. The van der Waals surface area contributed by atoms with Crippen molar-refractivity contribution in [3.8, 4) is 29.4 Å². The Bertz CT molecular complexity index is 2630. The maximum atomic E-state index is 14.3. The number of phenolic OH excluding ortho intramolecular Hbond substituents is 1. The summed E-state index contributed by atoms with van der Waals surface area (Å²) in [6, 6.07) is 15.3. The minimum Gasteiger partial charge on any atom is -0.507 e. The summed E-state index contributed by atoms with van der Waals surface area (Å²) >= 11 is 0. The highest BCUT2D eigenvalue weighted by Crippen LogP contribution is 2.54. The third kappa shape index (κ3) is 9.93. The van der Waals surface area contributed by atoms with E-state index in [1.54, 1.807) is 12.1 Å². The number of fused-ring (bicyclic) bond motifs is 3. The molecule has 2 aromatic heterocycles. The van der Waals surface area contributed by atoms with Crippen LogP contribution in [0.2, 0.25) is 0 Å². The van der Waals surface area contributed by atoms with Gasteiger partial charge < -0.3 is 45.8 Å². The number of aliphatic hydroxyl groups is 1. The number of β-amino-alcohol motifs (C(OH)–C–C–N with tert-alkyl or cyclic N) is 1. The lowest BCUT2D eigenvalue weighted by molar-refractivity contribution is -0.145. The molecule has 5 fully saturated rings. The van der Waals surface area contributed by atoms with Crippen LogP contribution >= 0.6 is 0 Å². The molecule has 3 amide bonds. The number of carbonyl (C=O) groups is 3. The number of benzene rings is 2. The van der Waals surface area contributed by atoms with Crippen LogP contribution in [0.1, 0.15) is 89.8 Å². The maximum absolute atomic E-state index is 14.3. The number of aromatic nitrogens is 4. The summed E-state index contributed by atoms with van der Waals surface area (Å²) in [7, 11) is 0. The Morgan fingerprint density at radius 2 is 1.58 bits per heavy atom. The molecule has 4 aliphatic heterocycles. The second-order valence-corrected chi connectivity index (χ2v) is 22.0. The minimum atomic E-state index is -0.851. The minimum absolute atomic E-state index is 0.0335. The number of anilines is 4. The van der Waals surface area contributed by atoms with Crippen molar-refractivity contribution >= 4 is 40.9 Å². The summed E-state index contributed by atoms with van der Waals surface area (Å²) in [6.45, 7) is 14.6. The van der Waals surface area contributed by atoms with Crippen molar-refractivity contribution in [2.45, 2.75) is 109 Å². The lowest BCUT2D eigenvalue weighted by Crippen LogP contribution is -2.59. The van der Waals surface area contributed by atoms with E-state index in [1.807, 2.05) is 82.6 Å². The van der Waals surface area contributed by atoms with Crippen molar-refractivity contribution in [3.63, 3.8) is 0 Å². The number of hydrogen-bond donors (Lipinski definition) is 5. The zero-order valence-electron chi connectivity index (χ0n) is 41.4. The molecule has 3 saturated heterocycles. The van der Waals surface area contributed by atoms with Gasteiger partial charge in [0.15, 0.2) is 5.82 Å². The molecule has 6 heterocycles. The first-order valence-electron chi connectivity index (χ1n) is 25.5. The van der Waals surface area contributed by atoms with E-state index in [1.165, 1.54) is 4.90 Å². The van der Waals surface area contributed by atoms with E-state index in [-0.39, 0.29) is 59.9 Å². The van der Waals surface area contributed by atoms with Crippen LogP contribution in [0.15, 0.2) is 67.0 Å². The van der Waals surface area contributed by atoms with Gasteiger partial charge in [0.05, 0.1) is 47.7 Å². The fourth-order valence-corrected chi connectivity index (χ4v) is 12.0. The quantitative estimate of drug-likeness (QED) is 0.139. The molecule has 2 aromatic carbocycles. The van der Waals surface area contributed by atoms with Crippen LogP contribution in [0.3, 0.4) is 0 Å². The molecule has 0 unspecified atom stereocenters. The number of amides is 3. The summed E-state index contributed by atoms with van der Waals surface area (Å²) < 4.78 is 0. The van der Waals surface area contributed by atoms with Gasteiger partial charge in [-0.15, -0.1) is 16.6 Å². The first-order valence-corrected chi connectivity index (χ1v) is 25.5. The number of aromatic hydroxyl groups is 1. The van der Waals surface area contributed by atoms with E-state index >= 15 is 0 Å². The molecule has 2 aliphatic carbocycles. The molecule has 17 nitrogen and oxygen atoms in total. The Hall–Kier alpha value is -6.51. The second kappa shape index (κ2) is 19.6. The zero-order chi connectivity index (χ0) is 49.6. The largest absolute Gasteiger partial charge is 0.507 e. The number of para-hydroxylation sites is 1. The summed E-state index contributed by atoms with van der Waals surface area (Å²) in [5, 5.41) is 39.6. The Morgan fingerprint density at radius 3 is 2.27 bits per heavy atom. The Labute approximate surface area is 416 Å². The van der Waals surface area contributed by atoms with E-state index in [0.717, 1.165) is 125 Å². The van der Waals surface area contributed by atoms with Crippen LogP contribution in [0, 0.1) is 29.1 Å². The van der Waals surface area contributed by atoms with Crippen LogP contribution in [0.4, 0.5) is 23.1 Å². The van der Waals surface area contributed by atoms with Gasteiger partial charge in [-0.3, -0.25) is 19.3 Å². The molecule has 10 rings (SSSR count). The van der Waals surface area contributed by atoms with Gasteiger partial charge in [0.2, 0.25) is 23.7 Å².